The van der Waals surface area contributed by atoms with E-state index in [9.17, 15) is 0 Å². The van der Waals surface area contributed by atoms with Crippen LogP contribution < -0.4 is 5.32 Å². The zero-order valence-corrected chi connectivity index (χ0v) is 6.99. The van der Waals surface area contributed by atoms with Gasteiger partial charge in [0.15, 0.2) is 0 Å². The van der Waals surface area contributed by atoms with E-state index in [1.165, 1.54) is 5.69 Å². The van der Waals surface area contributed by atoms with Gasteiger partial charge in [-0.05, 0) is 19.2 Å². The van der Waals surface area contributed by atoms with Gasteiger partial charge in [0.2, 0.25) is 0 Å². The highest BCUT2D eigenvalue weighted by atomic mass is 15.0. The van der Waals surface area contributed by atoms with Crippen molar-refractivity contribution in [3.8, 4) is 0 Å². The lowest BCUT2D eigenvalue weighted by molar-refractivity contribution is 0.776. The van der Waals surface area contributed by atoms with Gasteiger partial charge in [0.25, 0.3) is 0 Å². The number of imidazole rings is 1. The van der Waals surface area contributed by atoms with Gasteiger partial charge in [-0.15, -0.1) is 0 Å². The lowest BCUT2D eigenvalue weighted by atomic mass is 10.3. The second-order valence-corrected chi connectivity index (χ2v) is 2.74. The average molecular weight is 161 g/mol. The summed E-state index contributed by atoms with van der Waals surface area (Å²) in [7, 11) is 1.94. The molecule has 2 aromatic heterocycles. The molecule has 12 heavy (non-hydrogen) atoms. The van der Waals surface area contributed by atoms with Crippen LogP contribution in [-0.4, -0.2) is 16.4 Å². The van der Waals surface area contributed by atoms with E-state index < -0.39 is 0 Å². The first kappa shape index (κ1) is 7.31. The third-order valence-electron chi connectivity index (χ3n) is 1.89. The first-order chi connectivity index (χ1) is 5.92. The first-order valence-electron chi connectivity index (χ1n) is 3.96. The van der Waals surface area contributed by atoms with Crippen molar-refractivity contribution < 1.29 is 0 Å². The number of fused-ring (bicyclic) bond motifs is 1. The number of nitrogens with zero attached hydrogens (tertiary/aromatic N) is 2. The van der Waals surface area contributed by atoms with Crippen LogP contribution in [0.5, 0.6) is 0 Å². The minimum Gasteiger partial charge on any atom is -0.314 e. The number of rotatable bonds is 2. The lowest BCUT2D eigenvalue weighted by Gasteiger charge is -2.03. The third-order valence-corrected chi connectivity index (χ3v) is 1.89. The van der Waals surface area contributed by atoms with Gasteiger partial charge in [0.05, 0.1) is 18.0 Å². The molecule has 2 heterocycles. The fourth-order valence-corrected chi connectivity index (χ4v) is 1.33. The highest BCUT2D eigenvalue weighted by molar-refractivity contribution is 5.45. The van der Waals surface area contributed by atoms with E-state index >= 15 is 0 Å². The number of aromatic nitrogens is 2. The van der Waals surface area contributed by atoms with Gasteiger partial charge in [-0.3, -0.25) is 0 Å². The molecule has 3 nitrogen and oxygen atoms in total. The monoisotopic (exact) mass is 161 g/mol. The summed E-state index contributed by atoms with van der Waals surface area (Å²) < 4.78 is 2.08. The molecule has 0 amide bonds. The Balaban J connectivity index is 2.57. The molecule has 0 saturated heterocycles. The Morgan fingerprint density at radius 1 is 1.50 bits per heavy atom. The molecule has 0 radical (unpaired) electrons. The topological polar surface area (TPSA) is 29.3 Å². The van der Waals surface area contributed by atoms with Crippen molar-refractivity contribution in [2.45, 2.75) is 6.54 Å². The Bertz CT molecular complexity index is 378. The molecule has 0 aromatic carbocycles. The number of hydrogen-bond donors (Lipinski definition) is 1. The molecule has 0 unspecified atom stereocenters. The molecule has 0 aliphatic carbocycles. The van der Waals surface area contributed by atoms with Gasteiger partial charge in [-0.1, -0.05) is 6.07 Å². The van der Waals surface area contributed by atoms with Crippen LogP contribution in [0.25, 0.3) is 5.52 Å². The predicted octanol–water partition coefficient (Wildman–Crippen LogP) is 1.05. The Labute approximate surface area is 71.0 Å². The maximum absolute atomic E-state index is 4.08. The van der Waals surface area contributed by atoms with Crippen molar-refractivity contribution in [2.75, 3.05) is 7.05 Å². The average Bonchev–Trinajstić information content (AvgIpc) is 2.53. The van der Waals surface area contributed by atoms with E-state index in [4.69, 9.17) is 0 Å². The van der Waals surface area contributed by atoms with Crippen LogP contribution >= 0.6 is 0 Å². The van der Waals surface area contributed by atoms with Crippen LogP contribution in [-0.2, 0) is 6.54 Å². The van der Waals surface area contributed by atoms with Crippen molar-refractivity contribution in [1.82, 2.24) is 14.7 Å². The van der Waals surface area contributed by atoms with Gasteiger partial charge < -0.3 is 9.72 Å². The summed E-state index contributed by atoms with van der Waals surface area (Å²) in [5.74, 6) is 0. The van der Waals surface area contributed by atoms with Crippen molar-refractivity contribution in [2.24, 2.45) is 0 Å². The number of nitrogens with one attached hydrogen (secondary N) is 1. The Kier molecular flexibility index (Phi) is 1.80. The molecule has 0 atom stereocenters. The molecule has 0 aliphatic rings. The summed E-state index contributed by atoms with van der Waals surface area (Å²) >= 11 is 0. The molecule has 62 valence electrons. The Morgan fingerprint density at radius 2 is 2.42 bits per heavy atom. The van der Waals surface area contributed by atoms with Crippen LogP contribution in [0.3, 0.4) is 0 Å². The van der Waals surface area contributed by atoms with E-state index in [0.29, 0.717) is 0 Å². The van der Waals surface area contributed by atoms with Crippen molar-refractivity contribution >= 4 is 5.52 Å². The second kappa shape index (κ2) is 2.95. The predicted molar refractivity (Wildman–Crippen MR) is 48.0 cm³/mol. The molecule has 2 rings (SSSR count). The van der Waals surface area contributed by atoms with Crippen LogP contribution in [0.1, 0.15) is 5.69 Å². The molecule has 0 bridgehead atoms. The van der Waals surface area contributed by atoms with E-state index in [0.717, 1.165) is 12.1 Å². The molecule has 0 saturated carbocycles. The smallest absolute Gasteiger partial charge is 0.0994 e. The third kappa shape index (κ3) is 1.08. The van der Waals surface area contributed by atoms with Crippen LogP contribution in [0.15, 0.2) is 30.7 Å². The van der Waals surface area contributed by atoms with Gasteiger partial charge in [0.1, 0.15) is 0 Å². The normalized spacial score (nSPS) is 10.8. The largest absolute Gasteiger partial charge is 0.314 e. The maximum Gasteiger partial charge on any atom is 0.0994 e. The highest BCUT2D eigenvalue weighted by Crippen LogP contribution is 2.05. The van der Waals surface area contributed by atoms with Gasteiger partial charge in [0, 0.05) is 12.2 Å². The summed E-state index contributed by atoms with van der Waals surface area (Å²) in [5, 5.41) is 3.12. The zero-order chi connectivity index (χ0) is 8.39. The summed E-state index contributed by atoms with van der Waals surface area (Å²) in [6.45, 7) is 0.869. The standard InChI is InChI=1S/C9H11N3/c1-10-5-8-3-2-4-9-6-11-7-12(8)9/h2-4,6-7,10H,5H2,1H3. The van der Waals surface area contributed by atoms with Crippen LogP contribution in [0.4, 0.5) is 0 Å². The Hall–Kier alpha value is -1.35. The minimum absolute atomic E-state index is 0.869. The molecule has 0 fully saturated rings. The molecule has 0 spiro atoms. The molecule has 1 N–H and O–H groups in total. The van der Waals surface area contributed by atoms with Gasteiger partial charge in [-0.2, -0.15) is 0 Å². The fourth-order valence-electron chi connectivity index (χ4n) is 1.33. The van der Waals surface area contributed by atoms with Gasteiger partial charge >= 0.3 is 0 Å². The van der Waals surface area contributed by atoms with Crippen LogP contribution in [0, 0.1) is 0 Å². The molecular formula is C9H11N3. The van der Waals surface area contributed by atoms with Crippen molar-refractivity contribution in [1.29, 1.82) is 0 Å². The Morgan fingerprint density at radius 3 is 3.25 bits per heavy atom. The molecule has 3 heteroatoms. The SMILES string of the molecule is CNCc1cccc2cncn12. The molecule has 2 aromatic rings. The molecular weight excluding hydrogens is 150 g/mol. The summed E-state index contributed by atoms with van der Waals surface area (Å²) in [6, 6.07) is 6.18. The van der Waals surface area contributed by atoms with E-state index in [1.54, 1.807) is 0 Å². The summed E-state index contributed by atoms with van der Waals surface area (Å²) in [4.78, 5) is 4.08. The van der Waals surface area contributed by atoms with E-state index in [2.05, 4.69) is 20.8 Å². The summed E-state index contributed by atoms with van der Waals surface area (Å²) in [6.07, 6.45) is 3.70. The number of hydrogen-bond acceptors (Lipinski definition) is 2. The summed E-state index contributed by atoms with van der Waals surface area (Å²) in [5.41, 5.74) is 2.37. The second-order valence-electron chi connectivity index (χ2n) is 2.74. The molecule has 0 aliphatic heterocycles. The minimum atomic E-state index is 0.869. The lowest BCUT2D eigenvalue weighted by Crippen LogP contribution is -2.08. The van der Waals surface area contributed by atoms with Crippen molar-refractivity contribution in [3.63, 3.8) is 0 Å². The first-order valence-corrected chi connectivity index (χ1v) is 3.96. The zero-order valence-electron chi connectivity index (χ0n) is 6.99. The maximum atomic E-state index is 4.08. The van der Waals surface area contributed by atoms with E-state index in [-0.39, 0.29) is 0 Å². The fraction of sp³-hybridized carbons (Fsp3) is 0.222. The number of pyridine rings is 1. The van der Waals surface area contributed by atoms with Gasteiger partial charge in [-0.25, -0.2) is 4.98 Å². The van der Waals surface area contributed by atoms with E-state index in [1.807, 2.05) is 31.7 Å². The van der Waals surface area contributed by atoms with Crippen molar-refractivity contribution in [3.05, 3.63) is 36.4 Å². The van der Waals surface area contributed by atoms with Crippen LogP contribution in [0.2, 0.25) is 0 Å². The quantitative estimate of drug-likeness (QED) is 0.713. The highest BCUT2D eigenvalue weighted by Gasteiger charge is 1.97.